The van der Waals surface area contributed by atoms with Gasteiger partial charge in [-0.25, -0.2) is 5.48 Å². The van der Waals surface area contributed by atoms with Crippen LogP contribution in [-0.2, 0) is 11.2 Å². The van der Waals surface area contributed by atoms with E-state index < -0.39 is 5.91 Å². The van der Waals surface area contributed by atoms with Crippen LogP contribution in [0, 0.1) is 5.92 Å². The number of nitrogens with one attached hydrogen (secondary N) is 2. The second-order valence-electron chi connectivity index (χ2n) is 8.00. The van der Waals surface area contributed by atoms with Crippen LogP contribution < -0.4 is 10.8 Å². The first-order chi connectivity index (χ1) is 16.0. The van der Waals surface area contributed by atoms with Crippen molar-refractivity contribution in [3.8, 4) is 17.0 Å². The van der Waals surface area contributed by atoms with Gasteiger partial charge in [0.25, 0.3) is 5.91 Å². The zero-order valence-electron chi connectivity index (χ0n) is 18.4. The molecule has 4 N–H and O–H groups in total. The van der Waals surface area contributed by atoms with Gasteiger partial charge in [0.15, 0.2) is 0 Å². The van der Waals surface area contributed by atoms with E-state index in [9.17, 15) is 14.7 Å². The van der Waals surface area contributed by atoms with E-state index in [4.69, 9.17) is 5.21 Å². The largest absolute Gasteiger partial charge is 0.508 e. The standard InChI is InChI=1S/C26H29N3O4/c30-23-11-9-21(10-12-23)24-18-20(14-16-27-24)17-19(8-13-25(31)29-33)5-4-15-28-26(32)22-6-2-1-3-7-22/h1-3,6-7,9-12,14,16,18-19,30,33H,4-5,8,13,15,17H2,(H,28,32)(H,29,31). The molecule has 0 fully saturated rings. The van der Waals surface area contributed by atoms with E-state index in [2.05, 4.69) is 10.3 Å². The van der Waals surface area contributed by atoms with Crippen LogP contribution in [0.5, 0.6) is 5.75 Å². The van der Waals surface area contributed by atoms with Gasteiger partial charge in [-0.15, -0.1) is 0 Å². The molecule has 172 valence electrons. The molecule has 0 aliphatic heterocycles. The third-order valence-corrected chi connectivity index (χ3v) is 5.53. The average Bonchev–Trinajstić information content (AvgIpc) is 2.85. The Morgan fingerprint density at radius 3 is 2.45 bits per heavy atom. The van der Waals surface area contributed by atoms with Crippen molar-refractivity contribution >= 4 is 11.8 Å². The summed E-state index contributed by atoms with van der Waals surface area (Å²) in [6.45, 7) is 0.547. The molecule has 0 spiro atoms. The van der Waals surface area contributed by atoms with Gasteiger partial charge in [0.2, 0.25) is 5.91 Å². The van der Waals surface area contributed by atoms with Crippen molar-refractivity contribution < 1.29 is 19.9 Å². The van der Waals surface area contributed by atoms with Crippen molar-refractivity contribution in [3.63, 3.8) is 0 Å². The maximum atomic E-state index is 12.2. The van der Waals surface area contributed by atoms with E-state index in [1.807, 2.05) is 42.5 Å². The first-order valence-corrected chi connectivity index (χ1v) is 11.1. The van der Waals surface area contributed by atoms with Crippen LogP contribution in [0.25, 0.3) is 11.3 Å². The molecule has 0 aliphatic carbocycles. The Labute approximate surface area is 193 Å². The van der Waals surface area contributed by atoms with E-state index in [1.165, 1.54) is 0 Å². The number of aromatic nitrogens is 1. The maximum Gasteiger partial charge on any atom is 0.251 e. The maximum absolute atomic E-state index is 12.2. The minimum atomic E-state index is -0.406. The van der Waals surface area contributed by atoms with Crippen molar-refractivity contribution in [1.29, 1.82) is 0 Å². The van der Waals surface area contributed by atoms with Crippen LogP contribution in [0.15, 0.2) is 72.9 Å². The van der Waals surface area contributed by atoms with Crippen molar-refractivity contribution in [2.75, 3.05) is 6.54 Å². The number of hydrogen-bond acceptors (Lipinski definition) is 5. The summed E-state index contributed by atoms with van der Waals surface area (Å²) in [6, 6.07) is 20.0. The highest BCUT2D eigenvalue weighted by Crippen LogP contribution is 2.24. The zero-order valence-corrected chi connectivity index (χ0v) is 18.4. The van der Waals surface area contributed by atoms with E-state index in [0.717, 1.165) is 36.1 Å². The molecule has 7 nitrogen and oxygen atoms in total. The van der Waals surface area contributed by atoms with E-state index in [1.54, 1.807) is 35.9 Å². The number of rotatable bonds is 11. The number of hydrogen-bond donors (Lipinski definition) is 4. The van der Waals surface area contributed by atoms with Gasteiger partial charge in [0.05, 0.1) is 5.69 Å². The second-order valence-corrected chi connectivity index (χ2v) is 8.00. The summed E-state index contributed by atoms with van der Waals surface area (Å²) in [5.74, 6) is -0.0983. The molecule has 0 bridgehead atoms. The molecule has 1 heterocycles. The van der Waals surface area contributed by atoms with Gasteiger partial charge in [-0.1, -0.05) is 18.2 Å². The van der Waals surface area contributed by atoms with Gasteiger partial charge in [-0.2, -0.15) is 0 Å². The molecule has 2 aromatic carbocycles. The highest BCUT2D eigenvalue weighted by molar-refractivity contribution is 5.94. The monoisotopic (exact) mass is 447 g/mol. The summed E-state index contributed by atoms with van der Waals surface area (Å²) in [4.78, 5) is 28.2. The number of benzene rings is 2. The summed E-state index contributed by atoms with van der Waals surface area (Å²) in [5, 5.41) is 21.3. The number of phenols is 1. The predicted octanol–water partition coefficient (Wildman–Crippen LogP) is 4.11. The fourth-order valence-corrected chi connectivity index (χ4v) is 3.75. The molecule has 33 heavy (non-hydrogen) atoms. The Kier molecular flexibility index (Phi) is 8.97. The van der Waals surface area contributed by atoms with Gasteiger partial charge in [-0.3, -0.25) is 19.8 Å². The summed E-state index contributed by atoms with van der Waals surface area (Å²) >= 11 is 0. The SMILES string of the molecule is O=C(CCC(CCCNC(=O)c1ccccc1)Cc1ccnc(-c2ccc(O)cc2)c1)NO. The molecule has 0 saturated heterocycles. The Hall–Kier alpha value is -3.71. The Balaban J connectivity index is 1.59. The predicted molar refractivity (Wildman–Crippen MR) is 126 cm³/mol. The van der Waals surface area contributed by atoms with Gasteiger partial charge in [-0.05, 0) is 85.7 Å². The lowest BCUT2D eigenvalue weighted by molar-refractivity contribution is -0.129. The normalized spacial score (nSPS) is 11.5. The Morgan fingerprint density at radius 2 is 1.73 bits per heavy atom. The average molecular weight is 448 g/mol. The molecule has 2 amide bonds. The number of carbonyl (C=O) groups excluding carboxylic acids is 2. The molecule has 0 radical (unpaired) electrons. The molecule has 3 aromatic rings. The molecular formula is C26H29N3O4. The number of amides is 2. The van der Waals surface area contributed by atoms with Gasteiger partial charge >= 0.3 is 0 Å². The number of aromatic hydroxyl groups is 1. The first kappa shape index (κ1) is 23.9. The van der Waals surface area contributed by atoms with Gasteiger partial charge in [0, 0.05) is 30.3 Å². The quantitative estimate of drug-likeness (QED) is 0.201. The van der Waals surface area contributed by atoms with Crippen LogP contribution in [-0.4, -0.2) is 33.7 Å². The van der Waals surface area contributed by atoms with Crippen molar-refractivity contribution in [2.45, 2.75) is 32.1 Å². The van der Waals surface area contributed by atoms with Crippen LogP contribution in [0.3, 0.4) is 0 Å². The van der Waals surface area contributed by atoms with Crippen molar-refractivity contribution in [2.24, 2.45) is 5.92 Å². The topological polar surface area (TPSA) is 112 Å². The summed E-state index contributed by atoms with van der Waals surface area (Å²) in [5.41, 5.74) is 5.14. The zero-order chi connectivity index (χ0) is 23.5. The number of hydroxylamine groups is 1. The lowest BCUT2D eigenvalue weighted by Crippen LogP contribution is -2.25. The Bertz CT molecular complexity index is 1040. The minimum absolute atomic E-state index is 0.0977. The molecule has 1 unspecified atom stereocenters. The lowest BCUT2D eigenvalue weighted by atomic mass is 9.90. The second kappa shape index (κ2) is 12.4. The molecule has 1 atom stereocenters. The highest BCUT2D eigenvalue weighted by Gasteiger charge is 2.14. The van der Waals surface area contributed by atoms with E-state index in [-0.39, 0.29) is 24.0 Å². The summed E-state index contributed by atoms with van der Waals surface area (Å²) in [7, 11) is 0. The highest BCUT2D eigenvalue weighted by atomic mass is 16.5. The fraction of sp³-hybridized carbons (Fsp3) is 0.269. The minimum Gasteiger partial charge on any atom is -0.508 e. The van der Waals surface area contributed by atoms with Gasteiger partial charge in [0.1, 0.15) is 5.75 Å². The first-order valence-electron chi connectivity index (χ1n) is 11.1. The third-order valence-electron chi connectivity index (χ3n) is 5.53. The number of nitrogens with zero attached hydrogens (tertiary/aromatic N) is 1. The molecule has 0 saturated carbocycles. The number of carbonyl (C=O) groups is 2. The molecule has 7 heteroatoms. The lowest BCUT2D eigenvalue weighted by Gasteiger charge is -2.17. The van der Waals surface area contributed by atoms with Crippen LogP contribution in [0.4, 0.5) is 0 Å². The molecular weight excluding hydrogens is 418 g/mol. The van der Waals surface area contributed by atoms with E-state index in [0.29, 0.717) is 18.5 Å². The van der Waals surface area contributed by atoms with E-state index >= 15 is 0 Å². The third kappa shape index (κ3) is 7.73. The molecule has 1 aromatic heterocycles. The smallest absolute Gasteiger partial charge is 0.251 e. The molecule has 0 aliphatic rings. The van der Waals surface area contributed by atoms with Crippen LogP contribution in [0.1, 0.15) is 41.6 Å². The number of phenolic OH excluding ortho intramolecular Hbond substituents is 1. The summed E-state index contributed by atoms with van der Waals surface area (Å²) < 4.78 is 0. The van der Waals surface area contributed by atoms with Gasteiger partial charge < -0.3 is 10.4 Å². The van der Waals surface area contributed by atoms with Crippen molar-refractivity contribution in [3.05, 3.63) is 84.1 Å². The van der Waals surface area contributed by atoms with Crippen molar-refractivity contribution in [1.82, 2.24) is 15.8 Å². The summed E-state index contributed by atoms with van der Waals surface area (Å²) in [6.07, 6.45) is 4.96. The number of pyridine rings is 1. The molecule has 3 rings (SSSR count). The van der Waals surface area contributed by atoms with Crippen LogP contribution >= 0.6 is 0 Å². The van der Waals surface area contributed by atoms with Crippen LogP contribution in [0.2, 0.25) is 0 Å². The fourth-order valence-electron chi connectivity index (χ4n) is 3.75. The Morgan fingerprint density at radius 1 is 0.970 bits per heavy atom.